The molecule has 0 amide bonds. The van der Waals surface area contributed by atoms with Crippen molar-refractivity contribution in [1.29, 1.82) is 0 Å². The zero-order chi connectivity index (χ0) is 9.19. The predicted octanol–water partition coefficient (Wildman–Crippen LogP) is 2.72. The van der Waals surface area contributed by atoms with E-state index in [1.165, 1.54) is 0 Å². The van der Waals surface area contributed by atoms with Gasteiger partial charge in [-0.15, -0.1) is 5.10 Å². The van der Waals surface area contributed by atoms with Crippen LogP contribution in [-0.4, -0.2) is 10.2 Å². The van der Waals surface area contributed by atoms with Gasteiger partial charge in [0.25, 0.3) is 0 Å². The third-order valence-electron chi connectivity index (χ3n) is 1.47. The second-order valence-corrected chi connectivity index (χ2v) is 4.44. The summed E-state index contributed by atoms with van der Waals surface area (Å²) >= 11 is 5.86. The molecule has 1 heterocycles. The van der Waals surface area contributed by atoms with Crippen LogP contribution in [0, 0.1) is 5.41 Å². The molecular formula is C9H13ClN2. The van der Waals surface area contributed by atoms with Crippen molar-refractivity contribution in [2.24, 2.45) is 5.41 Å². The van der Waals surface area contributed by atoms with E-state index in [2.05, 4.69) is 31.0 Å². The van der Waals surface area contributed by atoms with Crippen molar-refractivity contribution in [3.63, 3.8) is 0 Å². The van der Waals surface area contributed by atoms with Crippen LogP contribution in [-0.2, 0) is 6.42 Å². The van der Waals surface area contributed by atoms with Crippen LogP contribution in [0.3, 0.4) is 0 Å². The average Bonchev–Trinajstić information content (AvgIpc) is 1.91. The van der Waals surface area contributed by atoms with E-state index >= 15 is 0 Å². The fraction of sp³-hybridized carbons (Fsp3) is 0.556. The Hall–Kier alpha value is -0.630. The number of hydrogen-bond acceptors (Lipinski definition) is 2. The van der Waals surface area contributed by atoms with Gasteiger partial charge in [-0.2, -0.15) is 5.10 Å². The van der Waals surface area contributed by atoms with Crippen LogP contribution >= 0.6 is 11.6 Å². The zero-order valence-corrected chi connectivity index (χ0v) is 8.39. The summed E-state index contributed by atoms with van der Waals surface area (Å²) in [5.41, 5.74) is 1.31. The summed E-state index contributed by atoms with van der Waals surface area (Å²) in [6, 6.07) is 1.92. The van der Waals surface area contributed by atoms with E-state index in [1.807, 2.05) is 6.07 Å². The Labute approximate surface area is 78.0 Å². The summed E-state index contributed by atoms with van der Waals surface area (Å²) < 4.78 is 0. The lowest BCUT2D eigenvalue weighted by Crippen LogP contribution is -2.10. The lowest BCUT2D eigenvalue weighted by molar-refractivity contribution is 0.410. The highest BCUT2D eigenvalue weighted by Crippen LogP contribution is 2.23. The number of hydrogen-bond donors (Lipinski definition) is 0. The maximum atomic E-state index is 5.86. The van der Waals surface area contributed by atoms with Crippen LogP contribution < -0.4 is 0 Å². The summed E-state index contributed by atoms with van der Waals surface area (Å²) in [6.45, 7) is 6.51. The van der Waals surface area contributed by atoms with Crippen molar-refractivity contribution in [1.82, 2.24) is 10.2 Å². The molecule has 0 aromatic carbocycles. The van der Waals surface area contributed by atoms with Gasteiger partial charge in [-0.25, -0.2) is 0 Å². The molecule has 66 valence electrons. The molecule has 0 aliphatic carbocycles. The molecule has 0 saturated carbocycles. The van der Waals surface area contributed by atoms with Crippen LogP contribution in [0.15, 0.2) is 12.3 Å². The molecule has 0 fully saturated rings. The number of nitrogens with zero attached hydrogens (tertiary/aromatic N) is 2. The Morgan fingerprint density at radius 2 is 2.08 bits per heavy atom. The molecule has 3 heteroatoms. The molecule has 0 saturated heterocycles. The summed E-state index contributed by atoms with van der Waals surface area (Å²) in [4.78, 5) is 0. The zero-order valence-electron chi connectivity index (χ0n) is 7.63. The van der Waals surface area contributed by atoms with E-state index in [0.29, 0.717) is 5.15 Å². The van der Waals surface area contributed by atoms with E-state index in [-0.39, 0.29) is 5.41 Å². The minimum atomic E-state index is 0.243. The second-order valence-electron chi connectivity index (χ2n) is 4.08. The largest absolute Gasteiger partial charge is 0.158 e. The molecule has 1 aromatic rings. The monoisotopic (exact) mass is 184 g/mol. The Kier molecular flexibility index (Phi) is 2.68. The van der Waals surface area contributed by atoms with Crippen LogP contribution in [0.4, 0.5) is 0 Å². The molecule has 0 aliphatic heterocycles. The van der Waals surface area contributed by atoms with E-state index in [4.69, 9.17) is 11.6 Å². The van der Waals surface area contributed by atoms with Crippen molar-refractivity contribution < 1.29 is 0 Å². The van der Waals surface area contributed by atoms with Crippen LogP contribution in [0.1, 0.15) is 26.3 Å². The molecule has 1 rings (SSSR count). The molecule has 0 aliphatic rings. The van der Waals surface area contributed by atoms with Crippen molar-refractivity contribution in [2.45, 2.75) is 27.2 Å². The quantitative estimate of drug-likeness (QED) is 0.671. The molecule has 0 bridgehead atoms. The molecule has 0 spiro atoms. The van der Waals surface area contributed by atoms with Gasteiger partial charge in [0.1, 0.15) is 0 Å². The Morgan fingerprint density at radius 1 is 1.42 bits per heavy atom. The van der Waals surface area contributed by atoms with Crippen LogP contribution in [0.2, 0.25) is 5.15 Å². The van der Waals surface area contributed by atoms with E-state index < -0.39 is 0 Å². The van der Waals surface area contributed by atoms with E-state index in [1.54, 1.807) is 6.20 Å². The summed E-state index contributed by atoms with van der Waals surface area (Å²) in [7, 11) is 0. The molecule has 0 radical (unpaired) electrons. The van der Waals surface area contributed by atoms with Gasteiger partial charge in [0.2, 0.25) is 0 Å². The fourth-order valence-electron chi connectivity index (χ4n) is 1.04. The molecular weight excluding hydrogens is 172 g/mol. The summed E-state index contributed by atoms with van der Waals surface area (Å²) in [5.74, 6) is 0. The Morgan fingerprint density at radius 3 is 2.58 bits per heavy atom. The highest BCUT2D eigenvalue weighted by atomic mass is 35.5. The van der Waals surface area contributed by atoms with Crippen molar-refractivity contribution in [3.8, 4) is 0 Å². The standard InChI is InChI=1S/C9H13ClN2/c1-9(2,3)6-7-4-5-11-12-8(7)10/h4-5H,6H2,1-3H3. The minimum Gasteiger partial charge on any atom is -0.158 e. The molecule has 0 unspecified atom stereocenters. The van der Waals surface area contributed by atoms with Crippen molar-refractivity contribution in [3.05, 3.63) is 23.0 Å². The lowest BCUT2D eigenvalue weighted by Gasteiger charge is -2.17. The van der Waals surface area contributed by atoms with Gasteiger partial charge >= 0.3 is 0 Å². The van der Waals surface area contributed by atoms with Gasteiger partial charge < -0.3 is 0 Å². The van der Waals surface area contributed by atoms with Gasteiger partial charge in [0, 0.05) is 6.20 Å². The minimum absolute atomic E-state index is 0.243. The van der Waals surface area contributed by atoms with Gasteiger partial charge in [-0.05, 0) is 23.5 Å². The first-order valence-corrected chi connectivity index (χ1v) is 4.33. The summed E-state index contributed by atoms with van der Waals surface area (Å²) in [6.07, 6.45) is 2.61. The van der Waals surface area contributed by atoms with E-state index in [9.17, 15) is 0 Å². The first kappa shape index (κ1) is 9.46. The van der Waals surface area contributed by atoms with Gasteiger partial charge in [-0.1, -0.05) is 32.4 Å². The first-order valence-electron chi connectivity index (χ1n) is 3.95. The smallest absolute Gasteiger partial charge is 0.154 e. The highest BCUT2D eigenvalue weighted by Gasteiger charge is 2.13. The van der Waals surface area contributed by atoms with Gasteiger partial charge in [-0.3, -0.25) is 0 Å². The number of aromatic nitrogens is 2. The molecule has 2 nitrogen and oxygen atoms in total. The highest BCUT2D eigenvalue weighted by molar-refractivity contribution is 6.30. The molecule has 12 heavy (non-hydrogen) atoms. The van der Waals surface area contributed by atoms with Gasteiger partial charge in [0.15, 0.2) is 5.15 Å². The predicted molar refractivity (Wildman–Crippen MR) is 50.2 cm³/mol. The van der Waals surface area contributed by atoms with Crippen LogP contribution in [0.25, 0.3) is 0 Å². The summed E-state index contributed by atoms with van der Waals surface area (Å²) in [5, 5.41) is 7.99. The number of halogens is 1. The SMILES string of the molecule is CC(C)(C)Cc1ccnnc1Cl. The average molecular weight is 185 g/mol. The Balaban J connectivity index is 2.83. The maximum absolute atomic E-state index is 5.86. The third-order valence-corrected chi connectivity index (χ3v) is 1.79. The second kappa shape index (κ2) is 3.40. The molecule has 0 atom stereocenters. The topological polar surface area (TPSA) is 25.8 Å². The van der Waals surface area contributed by atoms with E-state index in [0.717, 1.165) is 12.0 Å². The Bertz CT molecular complexity index is 265. The number of rotatable bonds is 1. The normalized spacial score (nSPS) is 11.7. The van der Waals surface area contributed by atoms with Crippen molar-refractivity contribution >= 4 is 11.6 Å². The van der Waals surface area contributed by atoms with Gasteiger partial charge in [0.05, 0.1) is 0 Å². The van der Waals surface area contributed by atoms with Crippen LogP contribution in [0.5, 0.6) is 0 Å². The lowest BCUT2D eigenvalue weighted by atomic mass is 9.89. The first-order chi connectivity index (χ1) is 5.49. The molecule has 1 aromatic heterocycles. The third kappa shape index (κ3) is 2.78. The maximum Gasteiger partial charge on any atom is 0.154 e. The van der Waals surface area contributed by atoms with Crippen molar-refractivity contribution in [2.75, 3.05) is 0 Å². The fourth-order valence-corrected chi connectivity index (χ4v) is 1.22. The molecule has 0 N–H and O–H groups in total.